The standard InChI is InChI=1S/C24H24N2O3/c1-16(17-10-5-4-6-11-17)26-23(19-13-9-15-21(28-2)22(19)29-3)25-20-14-8-7-12-18(20)24(26)27/h4-16,23,25H,1-3H3/t16-,23+/m1/s1. The Hall–Kier alpha value is -3.47. The third kappa shape index (κ3) is 3.29. The second-order valence-corrected chi connectivity index (χ2v) is 6.97. The molecule has 0 aliphatic carbocycles. The largest absolute Gasteiger partial charge is 0.493 e. The molecule has 29 heavy (non-hydrogen) atoms. The highest BCUT2D eigenvalue weighted by Gasteiger charge is 2.38. The van der Waals surface area contributed by atoms with Gasteiger partial charge in [-0.05, 0) is 30.7 Å². The van der Waals surface area contributed by atoms with E-state index in [1.165, 1.54) is 0 Å². The molecule has 1 amide bonds. The van der Waals surface area contributed by atoms with Gasteiger partial charge in [-0.1, -0.05) is 54.6 Å². The summed E-state index contributed by atoms with van der Waals surface area (Å²) in [6.07, 6.45) is -0.405. The summed E-state index contributed by atoms with van der Waals surface area (Å²) < 4.78 is 11.2. The molecule has 0 fully saturated rings. The van der Waals surface area contributed by atoms with Crippen LogP contribution in [0.15, 0.2) is 72.8 Å². The van der Waals surface area contributed by atoms with Crippen LogP contribution < -0.4 is 14.8 Å². The van der Waals surface area contributed by atoms with Gasteiger partial charge in [0.1, 0.15) is 6.17 Å². The summed E-state index contributed by atoms with van der Waals surface area (Å²) in [4.78, 5) is 15.5. The van der Waals surface area contributed by atoms with Crippen LogP contribution in [0.1, 0.15) is 40.6 Å². The van der Waals surface area contributed by atoms with Gasteiger partial charge in [-0.15, -0.1) is 0 Å². The van der Waals surface area contributed by atoms with Gasteiger partial charge in [0.25, 0.3) is 5.91 Å². The molecule has 3 aromatic rings. The van der Waals surface area contributed by atoms with Gasteiger partial charge in [0, 0.05) is 11.3 Å². The smallest absolute Gasteiger partial charge is 0.258 e. The zero-order chi connectivity index (χ0) is 20.4. The number of hydrogen-bond acceptors (Lipinski definition) is 4. The molecule has 148 valence electrons. The molecule has 0 saturated heterocycles. The molecule has 1 aliphatic rings. The average molecular weight is 388 g/mol. The molecule has 3 aromatic carbocycles. The summed E-state index contributed by atoms with van der Waals surface area (Å²) >= 11 is 0. The number of para-hydroxylation sites is 2. The van der Waals surface area contributed by atoms with E-state index >= 15 is 0 Å². The van der Waals surface area contributed by atoms with Gasteiger partial charge >= 0.3 is 0 Å². The highest BCUT2D eigenvalue weighted by Crippen LogP contribution is 2.43. The Morgan fingerprint density at radius 2 is 1.62 bits per heavy atom. The van der Waals surface area contributed by atoms with E-state index < -0.39 is 6.17 Å². The van der Waals surface area contributed by atoms with Crippen LogP contribution in [0, 0.1) is 0 Å². The lowest BCUT2D eigenvalue weighted by atomic mass is 9.98. The number of anilines is 1. The van der Waals surface area contributed by atoms with Crippen LogP contribution in [0.5, 0.6) is 11.5 Å². The van der Waals surface area contributed by atoms with Crippen molar-refractivity contribution in [1.82, 2.24) is 4.90 Å². The first-order valence-electron chi connectivity index (χ1n) is 9.59. The topological polar surface area (TPSA) is 50.8 Å². The van der Waals surface area contributed by atoms with E-state index in [2.05, 4.69) is 5.32 Å². The number of fused-ring (bicyclic) bond motifs is 1. The van der Waals surface area contributed by atoms with E-state index in [1.54, 1.807) is 14.2 Å². The second-order valence-electron chi connectivity index (χ2n) is 6.97. The molecular weight excluding hydrogens is 364 g/mol. The maximum absolute atomic E-state index is 13.6. The molecule has 1 aliphatic heterocycles. The number of rotatable bonds is 5. The highest BCUT2D eigenvalue weighted by atomic mass is 16.5. The first kappa shape index (κ1) is 18.9. The zero-order valence-electron chi connectivity index (χ0n) is 16.8. The molecule has 0 aromatic heterocycles. The van der Waals surface area contributed by atoms with Crippen molar-refractivity contribution >= 4 is 11.6 Å². The molecule has 4 rings (SSSR count). The fourth-order valence-electron chi connectivity index (χ4n) is 3.92. The SMILES string of the molecule is COc1cccc([C@H]2Nc3ccccc3C(=O)N2[C@H](C)c2ccccc2)c1OC. The Morgan fingerprint density at radius 1 is 0.897 bits per heavy atom. The Morgan fingerprint density at radius 3 is 2.34 bits per heavy atom. The molecule has 1 heterocycles. The molecular formula is C24H24N2O3. The van der Waals surface area contributed by atoms with Gasteiger partial charge in [-0.2, -0.15) is 0 Å². The van der Waals surface area contributed by atoms with Crippen LogP contribution in [-0.4, -0.2) is 25.0 Å². The molecule has 5 heteroatoms. The van der Waals surface area contributed by atoms with E-state index in [4.69, 9.17) is 9.47 Å². The number of benzene rings is 3. The van der Waals surface area contributed by atoms with Crippen molar-refractivity contribution in [2.45, 2.75) is 19.1 Å². The van der Waals surface area contributed by atoms with Crippen molar-refractivity contribution in [3.8, 4) is 11.5 Å². The van der Waals surface area contributed by atoms with E-state index in [-0.39, 0.29) is 11.9 Å². The summed E-state index contributed by atoms with van der Waals surface area (Å²) in [5.41, 5.74) is 3.38. The van der Waals surface area contributed by atoms with E-state index in [0.717, 1.165) is 16.8 Å². The monoisotopic (exact) mass is 388 g/mol. The van der Waals surface area contributed by atoms with E-state index in [0.29, 0.717) is 17.1 Å². The zero-order valence-corrected chi connectivity index (χ0v) is 16.8. The quantitative estimate of drug-likeness (QED) is 0.666. The predicted octanol–water partition coefficient (Wildman–Crippen LogP) is 5.03. The van der Waals surface area contributed by atoms with Gasteiger partial charge in [-0.3, -0.25) is 4.79 Å². The summed E-state index contributed by atoms with van der Waals surface area (Å²) in [5, 5.41) is 3.54. The Balaban J connectivity index is 1.87. The normalized spacial score (nSPS) is 16.6. The molecule has 0 unspecified atom stereocenters. The lowest BCUT2D eigenvalue weighted by Crippen LogP contribution is -2.44. The fraction of sp³-hybridized carbons (Fsp3) is 0.208. The lowest BCUT2D eigenvalue weighted by Gasteiger charge is -2.42. The molecule has 0 spiro atoms. The van der Waals surface area contributed by atoms with Crippen LogP contribution in [0.3, 0.4) is 0 Å². The number of methoxy groups -OCH3 is 2. The van der Waals surface area contributed by atoms with Crippen LogP contribution in [0.4, 0.5) is 5.69 Å². The Bertz CT molecular complexity index is 1020. The summed E-state index contributed by atoms with van der Waals surface area (Å²) in [7, 11) is 3.23. The Kier molecular flexibility index (Phi) is 5.12. The van der Waals surface area contributed by atoms with E-state index in [1.807, 2.05) is 84.6 Å². The van der Waals surface area contributed by atoms with Crippen molar-refractivity contribution in [2.75, 3.05) is 19.5 Å². The minimum absolute atomic E-state index is 0.0226. The van der Waals surface area contributed by atoms with Crippen molar-refractivity contribution in [2.24, 2.45) is 0 Å². The summed E-state index contributed by atoms with van der Waals surface area (Å²) in [6, 6.07) is 23.2. The van der Waals surface area contributed by atoms with Gasteiger partial charge in [0.15, 0.2) is 11.5 Å². The number of carbonyl (C=O) groups excluding carboxylic acids is 1. The molecule has 1 N–H and O–H groups in total. The maximum Gasteiger partial charge on any atom is 0.258 e. The predicted molar refractivity (Wildman–Crippen MR) is 113 cm³/mol. The van der Waals surface area contributed by atoms with Crippen molar-refractivity contribution < 1.29 is 14.3 Å². The third-order valence-electron chi connectivity index (χ3n) is 5.39. The third-order valence-corrected chi connectivity index (χ3v) is 5.39. The van der Waals surface area contributed by atoms with Crippen LogP contribution in [0.25, 0.3) is 0 Å². The number of ether oxygens (including phenoxy) is 2. The van der Waals surface area contributed by atoms with E-state index in [9.17, 15) is 4.79 Å². The van der Waals surface area contributed by atoms with Crippen molar-refractivity contribution in [3.05, 3.63) is 89.5 Å². The maximum atomic E-state index is 13.6. The second kappa shape index (κ2) is 7.87. The molecule has 0 saturated carbocycles. The lowest BCUT2D eigenvalue weighted by molar-refractivity contribution is 0.0593. The van der Waals surface area contributed by atoms with Crippen LogP contribution in [0.2, 0.25) is 0 Å². The van der Waals surface area contributed by atoms with Gasteiger partial charge < -0.3 is 19.7 Å². The molecule has 0 bridgehead atoms. The molecule has 5 nitrogen and oxygen atoms in total. The number of nitrogens with one attached hydrogen (secondary N) is 1. The summed E-state index contributed by atoms with van der Waals surface area (Å²) in [6.45, 7) is 2.04. The van der Waals surface area contributed by atoms with Crippen molar-refractivity contribution in [3.63, 3.8) is 0 Å². The average Bonchev–Trinajstić information content (AvgIpc) is 2.78. The Labute approximate surface area is 170 Å². The van der Waals surface area contributed by atoms with Gasteiger partial charge in [0.05, 0.1) is 25.8 Å². The fourth-order valence-corrected chi connectivity index (χ4v) is 3.92. The van der Waals surface area contributed by atoms with Gasteiger partial charge in [0.2, 0.25) is 0 Å². The number of carbonyl (C=O) groups is 1. The van der Waals surface area contributed by atoms with Crippen molar-refractivity contribution in [1.29, 1.82) is 0 Å². The first-order valence-corrected chi connectivity index (χ1v) is 9.59. The summed E-state index contributed by atoms with van der Waals surface area (Å²) in [5.74, 6) is 1.22. The number of amides is 1. The number of hydrogen-bond donors (Lipinski definition) is 1. The highest BCUT2D eigenvalue weighted by molar-refractivity contribution is 6.02. The van der Waals surface area contributed by atoms with Crippen LogP contribution in [-0.2, 0) is 0 Å². The van der Waals surface area contributed by atoms with Gasteiger partial charge in [-0.25, -0.2) is 0 Å². The minimum Gasteiger partial charge on any atom is -0.493 e. The van der Waals surface area contributed by atoms with Crippen LogP contribution >= 0.6 is 0 Å². The minimum atomic E-state index is -0.405. The number of nitrogens with zero attached hydrogens (tertiary/aromatic N) is 1. The first-order chi connectivity index (χ1) is 14.2. The molecule has 0 radical (unpaired) electrons. The molecule has 2 atom stereocenters.